The van der Waals surface area contributed by atoms with Crippen LogP contribution >= 0.6 is 0 Å². The molecule has 9 heteroatoms. The third kappa shape index (κ3) is 3.69. The Kier molecular flexibility index (Phi) is 5.10. The van der Waals surface area contributed by atoms with Crippen molar-refractivity contribution in [1.82, 2.24) is 5.32 Å². The van der Waals surface area contributed by atoms with Crippen LogP contribution in [0.25, 0.3) is 0 Å². The van der Waals surface area contributed by atoms with Crippen molar-refractivity contribution in [1.29, 1.82) is 0 Å². The lowest BCUT2D eigenvalue weighted by Crippen LogP contribution is -2.32. The molecule has 2 aromatic carbocycles. The molecular weight excluding hydrogens is 383 g/mol. The Morgan fingerprint density at radius 1 is 1.18 bits per heavy atom. The summed E-state index contributed by atoms with van der Waals surface area (Å²) in [6.07, 6.45) is -4.52. The first-order chi connectivity index (χ1) is 13.1. The fraction of sp³-hybridized carbons (Fsp3) is 0.263. The van der Waals surface area contributed by atoms with Gasteiger partial charge in [-0.15, -0.1) is 0 Å². The van der Waals surface area contributed by atoms with E-state index in [1.165, 1.54) is 25.1 Å². The fourth-order valence-corrected chi connectivity index (χ4v) is 3.28. The fourth-order valence-electron chi connectivity index (χ4n) is 3.28. The summed E-state index contributed by atoms with van der Waals surface area (Å²) in [5.41, 5.74) is -0.910. The highest BCUT2D eigenvalue weighted by molar-refractivity contribution is 6.08. The van der Waals surface area contributed by atoms with E-state index in [0.29, 0.717) is 5.56 Å². The molecule has 1 saturated heterocycles. The molecule has 148 valence electrons. The van der Waals surface area contributed by atoms with Crippen molar-refractivity contribution < 1.29 is 31.5 Å². The van der Waals surface area contributed by atoms with E-state index in [4.69, 9.17) is 0 Å². The Morgan fingerprint density at radius 3 is 2.54 bits per heavy atom. The van der Waals surface area contributed by atoms with Crippen LogP contribution in [0.3, 0.4) is 0 Å². The van der Waals surface area contributed by atoms with Crippen LogP contribution in [0.15, 0.2) is 36.4 Å². The quantitative estimate of drug-likeness (QED) is 0.611. The minimum Gasteiger partial charge on any atom is -0.355 e. The Hall–Kier alpha value is -2.97. The van der Waals surface area contributed by atoms with Gasteiger partial charge in [0.25, 0.3) is 0 Å². The number of hydrogen-bond donors (Lipinski definition) is 2. The van der Waals surface area contributed by atoms with E-state index in [1.807, 2.05) is 0 Å². The monoisotopic (exact) mass is 398 g/mol. The summed E-state index contributed by atoms with van der Waals surface area (Å²) >= 11 is 0. The van der Waals surface area contributed by atoms with Crippen LogP contribution in [0.2, 0.25) is 0 Å². The minimum atomic E-state index is -4.52. The van der Waals surface area contributed by atoms with E-state index >= 15 is 0 Å². The van der Waals surface area contributed by atoms with Crippen molar-refractivity contribution in [3.8, 4) is 0 Å². The standard InChI is InChI=1S/C19H15F5N2O2/c1-9-7-10(5-6-12(9)19(22,23)24)11-8-25-17(27)15(11)18(28)26-14-4-2-3-13(20)16(14)21/h2-7,11,15H,8H2,1H3,(H,25,27)(H,26,28)/t11-,15-/m1/s1. The maximum Gasteiger partial charge on any atom is 0.416 e. The summed E-state index contributed by atoms with van der Waals surface area (Å²) < 4.78 is 65.9. The Morgan fingerprint density at radius 2 is 1.89 bits per heavy atom. The third-order valence-corrected chi connectivity index (χ3v) is 4.66. The van der Waals surface area contributed by atoms with Gasteiger partial charge in [0.15, 0.2) is 11.6 Å². The van der Waals surface area contributed by atoms with E-state index in [1.54, 1.807) is 0 Å². The predicted octanol–water partition coefficient (Wildman–Crippen LogP) is 3.76. The van der Waals surface area contributed by atoms with Gasteiger partial charge in [-0.05, 0) is 36.2 Å². The minimum absolute atomic E-state index is 0.0351. The van der Waals surface area contributed by atoms with Gasteiger partial charge >= 0.3 is 6.18 Å². The SMILES string of the molecule is Cc1cc([C@H]2CNC(=O)[C@@H]2C(=O)Nc2cccc(F)c2F)ccc1C(F)(F)F. The summed E-state index contributed by atoms with van der Waals surface area (Å²) in [6, 6.07) is 6.59. The average Bonchev–Trinajstić information content (AvgIpc) is 2.99. The van der Waals surface area contributed by atoms with Gasteiger partial charge in [0.2, 0.25) is 11.8 Å². The maximum absolute atomic E-state index is 13.8. The van der Waals surface area contributed by atoms with Crippen molar-refractivity contribution >= 4 is 17.5 Å². The number of carbonyl (C=O) groups is 2. The van der Waals surface area contributed by atoms with Crippen molar-refractivity contribution in [3.05, 3.63) is 64.7 Å². The zero-order valence-corrected chi connectivity index (χ0v) is 14.5. The summed E-state index contributed by atoms with van der Waals surface area (Å²) in [5, 5.41) is 4.66. The lowest BCUT2D eigenvalue weighted by atomic mass is 9.86. The average molecular weight is 398 g/mol. The molecule has 2 atom stereocenters. The van der Waals surface area contributed by atoms with Crippen LogP contribution in [0.1, 0.15) is 22.6 Å². The molecule has 2 N–H and O–H groups in total. The van der Waals surface area contributed by atoms with Gasteiger partial charge < -0.3 is 10.6 Å². The molecule has 2 amide bonds. The van der Waals surface area contributed by atoms with Gasteiger partial charge in [0, 0.05) is 12.5 Å². The molecule has 0 aromatic heterocycles. The highest BCUT2D eigenvalue weighted by atomic mass is 19.4. The smallest absolute Gasteiger partial charge is 0.355 e. The molecule has 1 fully saturated rings. The Bertz CT molecular complexity index is 942. The number of benzene rings is 2. The molecule has 28 heavy (non-hydrogen) atoms. The van der Waals surface area contributed by atoms with Crippen LogP contribution < -0.4 is 10.6 Å². The second-order valence-corrected chi connectivity index (χ2v) is 6.49. The first-order valence-electron chi connectivity index (χ1n) is 8.30. The van der Waals surface area contributed by atoms with Gasteiger partial charge in [-0.1, -0.05) is 18.2 Å². The molecule has 2 aromatic rings. The van der Waals surface area contributed by atoms with Crippen LogP contribution in [0.4, 0.5) is 27.6 Å². The molecule has 0 unspecified atom stereocenters. The zero-order valence-electron chi connectivity index (χ0n) is 14.5. The molecule has 1 heterocycles. The Labute approximate surface area is 156 Å². The van der Waals surface area contributed by atoms with Crippen LogP contribution in [-0.4, -0.2) is 18.4 Å². The molecule has 0 bridgehead atoms. The second kappa shape index (κ2) is 7.21. The number of alkyl halides is 3. The number of amides is 2. The molecule has 1 aliphatic heterocycles. The van der Waals surface area contributed by atoms with Gasteiger partial charge in [-0.2, -0.15) is 13.2 Å². The largest absolute Gasteiger partial charge is 0.416 e. The molecule has 3 rings (SSSR count). The first kappa shape index (κ1) is 19.8. The molecule has 1 aliphatic rings. The number of nitrogens with one attached hydrogen (secondary N) is 2. The highest BCUT2D eigenvalue weighted by Gasteiger charge is 2.42. The third-order valence-electron chi connectivity index (χ3n) is 4.66. The van der Waals surface area contributed by atoms with E-state index in [2.05, 4.69) is 10.6 Å². The normalized spacial score (nSPS) is 19.4. The molecule has 0 radical (unpaired) electrons. The maximum atomic E-state index is 13.8. The molecule has 0 aliphatic carbocycles. The summed E-state index contributed by atoms with van der Waals surface area (Å²) in [5.74, 6) is -5.98. The van der Waals surface area contributed by atoms with Crippen LogP contribution in [0.5, 0.6) is 0 Å². The number of aryl methyl sites for hydroxylation is 1. The number of halogens is 5. The highest BCUT2D eigenvalue weighted by Crippen LogP contribution is 2.36. The van der Waals surface area contributed by atoms with E-state index in [0.717, 1.165) is 18.2 Å². The van der Waals surface area contributed by atoms with Crippen molar-refractivity contribution in [2.24, 2.45) is 5.92 Å². The number of carbonyl (C=O) groups excluding carboxylic acids is 2. The first-order valence-corrected chi connectivity index (χ1v) is 8.30. The number of hydrogen-bond acceptors (Lipinski definition) is 2. The molecule has 4 nitrogen and oxygen atoms in total. The molecule has 0 spiro atoms. The zero-order chi connectivity index (χ0) is 20.6. The summed E-state index contributed by atoms with van der Waals surface area (Å²) in [6.45, 7) is 1.32. The van der Waals surface area contributed by atoms with Crippen molar-refractivity contribution in [3.63, 3.8) is 0 Å². The van der Waals surface area contributed by atoms with Gasteiger partial charge in [0.1, 0.15) is 5.92 Å². The van der Waals surface area contributed by atoms with Gasteiger partial charge in [-0.25, -0.2) is 8.78 Å². The second-order valence-electron chi connectivity index (χ2n) is 6.49. The summed E-state index contributed by atoms with van der Waals surface area (Å²) in [4.78, 5) is 24.7. The molecule has 0 saturated carbocycles. The topological polar surface area (TPSA) is 58.2 Å². The predicted molar refractivity (Wildman–Crippen MR) is 90.4 cm³/mol. The summed E-state index contributed by atoms with van der Waals surface area (Å²) in [7, 11) is 0. The van der Waals surface area contributed by atoms with Crippen molar-refractivity contribution in [2.45, 2.75) is 19.0 Å². The lowest BCUT2D eigenvalue weighted by Gasteiger charge is -2.19. The van der Waals surface area contributed by atoms with Gasteiger partial charge in [0.05, 0.1) is 11.3 Å². The van der Waals surface area contributed by atoms with Crippen LogP contribution in [0, 0.1) is 24.5 Å². The van der Waals surface area contributed by atoms with E-state index < -0.39 is 52.7 Å². The van der Waals surface area contributed by atoms with Crippen molar-refractivity contribution in [2.75, 3.05) is 11.9 Å². The van der Waals surface area contributed by atoms with E-state index in [9.17, 15) is 31.5 Å². The van der Waals surface area contributed by atoms with Crippen LogP contribution in [-0.2, 0) is 15.8 Å². The van der Waals surface area contributed by atoms with Gasteiger partial charge in [-0.3, -0.25) is 9.59 Å². The number of rotatable bonds is 3. The van der Waals surface area contributed by atoms with E-state index in [-0.39, 0.29) is 12.1 Å². The Balaban J connectivity index is 1.88. The molecular formula is C19H15F5N2O2. The lowest BCUT2D eigenvalue weighted by molar-refractivity contribution is -0.138. The number of anilines is 1.